The topological polar surface area (TPSA) is 15.6 Å². The monoisotopic (exact) mass is 368 g/mol. The van der Waals surface area contributed by atoms with Gasteiger partial charge in [0.25, 0.3) is 0 Å². The first-order valence-electron chi connectivity index (χ1n) is 10.0. The number of hydrogen-bond acceptors (Lipinski definition) is 2. The molecule has 0 spiro atoms. The lowest BCUT2D eigenvalue weighted by atomic mass is 9.80. The van der Waals surface area contributed by atoms with E-state index >= 15 is 0 Å². The van der Waals surface area contributed by atoms with E-state index in [0.717, 1.165) is 17.7 Å². The Morgan fingerprint density at radius 3 is 2.32 bits per heavy atom. The summed E-state index contributed by atoms with van der Waals surface area (Å²) in [4.78, 5) is 7.10. The fourth-order valence-electron chi connectivity index (χ4n) is 4.20. The Balaban J connectivity index is 1.55. The second-order valence-corrected chi connectivity index (χ2v) is 8.47. The van der Waals surface area contributed by atoms with Crippen LogP contribution in [-0.4, -0.2) is 18.8 Å². The highest BCUT2D eigenvalue weighted by Gasteiger charge is 2.33. The van der Waals surface area contributed by atoms with Gasteiger partial charge in [-0.2, -0.15) is 0 Å². The first kappa shape index (κ1) is 18.5. The minimum Gasteiger partial charge on any atom is -0.369 e. The van der Waals surface area contributed by atoms with E-state index in [2.05, 4.69) is 99.4 Å². The molecule has 142 valence electrons. The van der Waals surface area contributed by atoms with Crippen molar-refractivity contribution in [2.75, 3.05) is 11.9 Å². The van der Waals surface area contributed by atoms with Gasteiger partial charge >= 0.3 is 0 Å². The van der Waals surface area contributed by atoms with Crippen LogP contribution in [-0.2, 0) is 0 Å². The molecule has 3 aromatic rings. The van der Waals surface area contributed by atoms with Crippen molar-refractivity contribution in [2.45, 2.75) is 38.6 Å². The summed E-state index contributed by atoms with van der Waals surface area (Å²) >= 11 is 0. The second-order valence-electron chi connectivity index (χ2n) is 8.47. The van der Waals surface area contributed by atoms with Crippen molar-refractivity contribution < 1.29 is 0 Å². The lowest BCUT2D eigenvalue weighted by molar-refractivity contribution is 0.395. The summed E-state index contributed by atoms with van der Waals surface area (Å²) < 4.78 is 0. The second kappa shape index (κ2) is 7.27. The van der Waals surface area contributed by atoms with E-state index in [4.69, 9.17) is 4.99 Å². The van der Waals surface area contributed by atoms with Gasteiger partial charge < -0.3 is 4.90 Å². The normalized spacial score (nSPS) is 18.3. The summed E-state index contributed by atoms with van der Waals surface area (Å²) in [6.07, 6.45) is 3.14. The molecule has 2 nitrogen and oxygen atoms in total. The molecule has 28 heavy (non-hydrogen) atoms. The van der Waals surface area contributed by atoms with Gasteiger partial charge in [0, 0.05) is 24.5 Å². The van der Waals surface area contributed by atoms with E-state index in [0.29, 0.717) is 5.92 Å². The van der Waals surface area contributed by atoms with E-state index in [1.807, 2.05) is 12.3 Å². The zero-order valence-electron chi connectivity index (χ0n) is 17.2. The third-order valence-corrected chi connectivity index (χ3v) is 5.99. The molecule has 0 saturated heterocycles. The van der Waals surface area contributed by atoms with Gasteiger partial charge in [0.05, 0.1) is 5.69 Å². The van der Waals surface area contributed by atoms with Crippen molar-refractivity contribution in [1.82, 2.24) is 0 Å². The number of benzene rings is 3. The van der Waals surface area contributed by atoms with Gasteiger partial charge in [-0.05, 0) is 72.7 Å². The maximum Gasteiger partial charge on any atom is 0.0630 e. The van der Waals surface area contributed by atoms with Crippen LogP contribution in [0.25, 0.3) is 11.1 Å². The third-order valence-electron chi connectivity index (χ3n) is 5.99. The molecule has 0 bridgehead atoms. The molecule has 1 aliphatic rings. The molecule has 0 fully saturated rings. The number of hydrogen-bond donors (Lipinski definition) is 0. The van der Waals surface area contributed by atoms with Gasteiger partial charge in [0.1, 0.15) is 0 Å². The molecule has 1 unspecified atom stereocenters. The molecule has 3 aromatic carbocycles. The predicted octanol–water partition coefficient (Wildman–Crippen LogP) is 6.83. The quantitative estimate of drug-likeness (QED) is 0.463. The minimum atomic E-state index is 0.197. The number of anilines is 1. The van der Waals surface area contributed by atoms with E-state index in [1.165, 1.54) is 22.4 Å². The maximum absolute atomic E-state index is 4.69. The third kappa shape index (κ3) is 3.60. The summed E-state index contributed by atoms with van der Waals surface area (Å²) in [5, 5.41) is 0. The van der Waals surface area contributed by atoms with Crippen molar-refractivity contribution in [3.05, 3.63) is 83.9 Å². The van der Waals surface area contributed by atoms with Gasteiger partial charge in [-0.3, -0.25) is 4.99 Å². The highest BCUT2D eigenvalue weighted by molar-refractivity contribution is 5.84. The average Bonchev–Trinajstić information content (AvgIpc) is 2.71. The van der Waals surface area contributed by atoms with Gasteiger partial charge in [-0.15, -0.1) is 0 Å². The molecule has 0 saturated carbocycles. The number of rotatable bonds is 3. The number of nitrogens with zero attached hydrogens (tertiary/aromatic N) is 2. The SMILES string of the molecule is CC1CC(C)(C)N(C)c2ccc(C=Nc3ccc(-c4ccccc4)cc3)cc21. The Kier molecular flexibility index (Phi) is 4.80. The lowest BCUT2D eigenvalue weighted by Gasteiger charge is -2.45. The summed E-state index contributed by atoms with van der Waals surface area (Å²) in [6, 6.07) is 25.6. The highest BCUT2D eigenvalue weighted by atomic mass is 15.2. The molecule has 4 rings (SSSR count). The van der Waals surface area contributed by atoms with Crippen LogP contribution in [0.2, 0.25) is 0 Å². The van der Waals surface area contributed by atoms with Crippen LogP contribution in [0.1, 0.15) is 44.2 Å². The van der Waals surface area contributed by atoms with Crippen LogP contribution in [0.3, 0.4) is 0 Å². The molecule has 0 aromatic heterocycles. The van der Waals surface area contributed by atoms with E-state index in [9.17, 15) is 0 Å². The summed E-state index contributed by atoms with van der Waals surface area (Å²) in [5.74, 6) is 0.555. The van der Waals surface area contributed by atoms with Crippen molar-refractivity contribution in [2.24, 2.45) is 4.99 Å². The molecular formula is C26H28N2. The maximum atomic E-state index is 4.69. The Hall–Kier alpha value is -2.87. The van der Waals surface area contributed by atoms with E-state index < -0.39 is 0 Å². The Morgan fingerprint density at radius 1 is 0.929 bits per heavy atom. The zero-order chi connectivity index (χ0) is 19.7. The van der Waals surface area contributed by atoms with Gasteiger partial charge in [-0.1, -0.05) is 55.5 Å². The molecule has 0 radical (unpaired) electrons. The molecule has 1 atom stereocenters. The van der Waals surface area contributed by atoms with E-state index in [1.54, 1.807) is 0 Å². The van der Waals surface area contributed by atoms with Crippen LogP contribution < -0.4 is 4.90 Å². The summed E-state index contributed by atoms with van der Waals surface area (Å²) in [5.41, 5.74) is 7.54. The highest BCUT2D eigenvalue weighted by Crippen LogP contribution is 2.42. The molecule has 0 N–H and O–H groups in total. The predicted molar refractivity (Wildman–Crippen MR) is 121 cm³/mol. The molecule has 1 aliphatic heterocycles. The fourth-order valence-corrected chi connectivity index (χ4v) is 4.20. The Bertz CT molecular complexity index is 985. The summed E-state index contributed by atoms with van der Waals surface area (Å²) in [7, 11) is 2.20. The molecule has 0 amide bonds. The Morgan fingerprint density at radius 2 is 1.61 bits per heavy atom. The van der Waals surface area contributed by atoms with Gasteiger partial charge in [0.2, 0.25) is 0 Å². The van der Waals surface area contributed by atoms with Crippen molar-refractivity contribution in [1.29, 1.82) is 0 Å². The fraction of sp³-hybridized carbons (Fsp3) is 0.269. The standard InChI is InChI=1S/C26H28N2/c1-19-17-26(2,3)28(4)25-15-10-20(16-24(19)25)18-27-23-13-11-22(12-14-23)21-8-6-5-7-9-21/h5-16,18-19H,17H2,1-4H3. The summed E-state index contributed by atoms with van der Waals surface area (Å²) in [6.45, 7) is 6.97. The van der Waals surface area contributed by atoms with Crippen molar-refractivity contribution >= 4 is 17.6 Å². The van der Waals surface area contributed by atoms with Crippen LogP contribution >= 0.6 is 0 Å². The molecular weight excluding hydrogens is 340 g/mol. The molecule has 0 aliphatic carbocycles. The van der Waals surface area contributed by atoms with Gasteiger partial charge in [-0.25, -0.2) is 0 Å². The largest absolute Gasteiger partial charge is 0.369 e. The number of fused-ring (bicyclic) bond motifs is 1. The van der Waals surface area contributed by atoms with Crippen LogP contribution in [0.5, 0.6) is 0 Å². The van der Waals surface area contributed by atoms with Crippen molar-refractivity contribution in [3.8, 4) is 11.1 Å². The van der Waals surface area contributed by atoms with E-state index in [-0.39, 0.29) is 5.54 Å². The van der Waals surface area contributed by atoms with Crippen LogP contribution in [0.4, 0.5) is 11.4 Å². The Labute approximate surface area is 168 Å². The lowest BCUT2D eigenvalue weighted by Crippen LogP contribution is -2.45. The van der Waals surface area contributed by atoms with Crippen LogP contribution in [0.15, 0.2) is 77.8 Å². The average molecular weight is 369 g/mol. The smallest absolute Gasteiger partial charge is 0.0630 e. The number of aliphatic imine (C=N–C) groups is 1. The molecule has 2 heteroatoms. The van der Waals surface area contributed by atoms with Crippen molar-refractivity contribution in [3.63, 3.8) is 0 Å². The zero-order valence-corrected chi connectivity index (χ0v) is 17.2. The molecule has 1 heterocycles. The van der Waals surface area contributed by atoms with Crippen LogP contribution in [0, 0.1) is 0 Å². The first-order chi connectivity index (χ1) is 13.4. The first-order valence-corrected chi connectivity index (χ1v) is 10.0. The minimum absolute atomic E-state index is 0.197. The van der Waals surface area contributed by atoms with Gasteiger partial charge in [0.15, 0.2) is 0 Å².